The summed E-state index contributed by atoms with van der Waals surface area (Å²) in [7, 11) is 0. The molecule has 0 fully saturated rings. The number of amides is 1. The first kappa shape index (κ1) is 28.1. The minimum Gasteiger partial charge on any atom is -0.494 e. The van der Waals surface area contributed by atoms with E-state index in [2.05, 4.69) is 20.9 Å². The fourth-order valence-electron chi connectivity index (χ4n) is 4.65. The summed E-state index contributed by atoms with van der Waals surface area (Å²) < 4.78 is 0. The first-order valence-corrected chi connectivity index (χ1v) is 14.7. The van der Waals surface area contributed by atoms with Gasteiger partial charge in [0.05, 0.1) is 23.9 Å². The highest BCUT2D eigenvalue weighted by Gasteiger charge is 2.21. The highest BCUT2D eigenvalue weighted by Crippen LogP contribution is 2.32. The van der Waals surface area contributed by atoms with Crippen molar-refractivity contribution in [3.8, 4) is 5.88 Å². The number of aliphatic imine (C=N–C) groups is 1. The molecule has 0 spiro atoms. The molecule has 5 N–H and O–H groups in total. The molecule has 5 rings (SSSR count). The van der Waals surface area contributed by atoms with Crippen LogP contribution in [-0.2, 0) is 6.54 Å². The van der Waals surface area contributed by atoms with E-state index < -0.39 is 0 Å². The van der Waals surface area contributed by atoms with Crippen LogP contribution < -0.4 is 16.0 Å². The summed E-state index contributed by atoms with van der Waals surface area (Å²) >= 11 is 6.94. The molecule has 208 valence electrons. The molecule has 41 heavy (non-hydrogen) atoms. The lowest BCUT2D eigenvalue weighted by Crippen LogP contribution is -2.28. The van der Waals surface area contributed by atoms with Crippen LogP contribution in [0.4, 0.5) is 5.69 Å². The molecule has 2 aromatic heterocycles. The molecule has 0 aliphatic heterocycles. The molecule has 7 nitrogen and oxygen atoms in total. The molecule has 0 bridgehead atoms. The number of carbonyl (C=O) groups is 1. The standard InChI is InChI=1S/C32H31N5O2S2/c1-3-33-32(40)37-26-12-8-7-11-23(26)18-34-29(24-15-16-41-19-24)28-25-17-22(13-14-27(25)36-31(28)39)30(38)35-20(2)21-9-5-4-6-10-21/h4-17,19-20,36,39H,3,18H2,1-2H3,(H,35,38)(H2,33,37,40)/t20-/m1/s1. The van der Waals surface area contributed by atoms with Crippen LogP contribution in [0.5, 0.6) is 5.88 Å². The van der Waals surface area contributed by atoms with Crippen LogP contribution in [0.15, 0.2) is 94.6 Å². The van der Waals surface area contributed by atoms with Crippen molar-refractivity contribution in [1.29, 1.82) is 0 Å². The third kappa shape index (κ3) is 6.48. The van der Waals surface area contributed by atoms with Crippen molar-refractivity contribution in [3.05, 3.63) is 117 Å². The zero-order chi connectivity index (χ0) is 28.8. The van der Waals surface area contributed by atoms with E-state index in [1.165, 1.54) is 0 Å². The van der Waals surface area contributed by atoms with E-state index in [0.29, 0.717) is 39.4 Å². The first-order valence-electron chi connectivity index (χ1n) is 13.3. The zero-order valence-electron chi connectivity index (χ0n) is 22.8. The first-order chi connectivity index (χ1) is 19.9. The zero-order valence-corrected chi connectivity index (χ0v) is 24.4. The van der Waals surface area contributed by atoms with Gasteiger partial charge < -0.3 is 26.0 Å². The van der Waals surface area contributed by atoms with E-state index in [9.17, 15) is 9.90 Å². The van der Waals surface area contributed by atoms with Crippen LogP contribution in [0, 0.1) is 0 Å². The Hall–Kier alpha value is -4.47. The second kappa shape index (κ2) is 12.8. The number of anilines is 1. The number of rotatable bonds is 9. The van der Waals surface area contributed by atoms with E-state index in [0.717, 1.165) is 28.9 Å². The number of benzene rings is 3. The van der Waals surface area contributed by atoms with Gasteiger partial charge >= 0.3 is 0 Å². The van der Waals surface area contributed by atoms with Gasteiger partial charge in [0.1, 0.15) is 0 Å². The molecule has 1 atom stereocenters. The second-order valence-corrected chi connectivity index (χ2v) is 10.7. The molecule has 0 aliphatic carbocycles. The number of aromatic amines is 1. The number of nitrogens with one attached hydrogen (secondary N) is 4. The Bertz CT molecular complexity index is 1690. The molecule has 0 saturated heterocycles. The molecule has 9 heteroatoms. The fraction of sp³-hybridized carbons (Fsp3) is 0.156. The van der Waals surface area contributed by atoms with Crippen molar-refractivity contribution in [1.82, 2.24) is 15.6 Å². The van der Waals surface area contributed by atoms with Gasteiger partial charge in [0.25, 0.3) is 5.91 Å². The molecule has 3 aromatic carbocycles. The second-order valence-electron chi connectivity index (χ2n) is 9.53. The average Bonchev–Trinajstić information content (AvgIpc) is 3.62. The van der Waals surface area contributed by atoms with Crippen molar-refractivity contribution in [3.63, 3.8) is 0 Å². The van der Waals surface area contributed by atoms with Crippen molar-refractivity contribution in [2.75, 3.05) is 11.9 Å². The third-order valence-corrected chi connectivity index (χ3v) is 7.66. The Morgan fingerprint density at radius 2 is 1.83 bits per heavy atom. The molecular weight excluding hydrogens is 551 g/mol. The van der Waals surface area contributed by atoms with Gasteiger partial charge in [0.15, 0.2) is 11.0 Å². The number of thiophene rings is 1. The molecule has 2 heterocycles. The van der Waals surface area contributed by atoms with Crippen molar-refractivity contribution in [2.24, 2.45) is 4.99 Å². The van der Waals surface area contributed by atoms with Gasteiger partial charge in [0.2, 0.25) is 0 Å². The molecule has 0 radical (unpaired) electrons. The molecule has 0 aliphatic rings. The SMILES string of the molecule is CCNC(=S)Nc1ccccc1CN=C(c1ccsc1)c1c(O)[nH]c2ccc(C(=O)N[C@H](C)c3ccccc3)cc12. The van der Waals surface area contributed by atoms with E-state index in [-0.39, 0.29) is 17.8 Å². The van der Waals surface area contributed by atoms with E-state index in [1.54, 1.807) is 23.5 Å². The smallest absolute Gasteiger partial charge is 0.251 e. The number of carbonyl (C=O) groups excluding carboxylic acids is 1. The van der Waals surface area contributed by atoms with E-state index in [4.69, 9.17) is 17.2 Å². The quantitative estimate of drug-likeness (QED) is 0.0977. The summed E-state index contributed by atoms with van der Waals surface area (Å²) in [6.45, 7) is 5.02. The Balaban J connectivity index is 1.50. The number of nitrogens with zero attached hydrogens (tertiary/aromatic N) is 1. The number of H-pyrrole nitrogens is 1. The summed E-state index contributed by atoms with van der Waals surface area (Å²) in [5, 5.41) is 25.8. The Morgan fingerprint density at radius 3 is 2.59 bits per heavy atom. The van der Waals surface area contributed by atoms with Gasteiger partial charge in [-0.05, 0) is 72.9 Å². The number of aromatic nitrogens is 1. The van der Waals surface area contributed by atoms with Crippen molar-refractivity contribution in [2.45, 2.75) is 26.4 Å². The normalized spacial score (nSPS) is 12.2. The minimum absolute atomic E-state index is 0.0000968. The fourth-order valence-corrected chi connectivity index (χ4v) is 5.54. The molecule has 5 aromatic rings. The highest BCUT2D eigenvalue weighted by molar-refractivity contribution is 7.80. The predicted octanol–water partition coefficient (Wildman–Crippen LogP) is 6.77. The van der Waals surface area contributed by atoms with Crippen molar-refractivity contribution >= 4 is 56.9 Å². The molecule has 0 saturated carbocycles. The maximum atomic E-state index is 13.2. The minimum atomic E-state index is -0.194. The van der Waals surface area contributed by atoms with Gasteiger partial charge in [-0.1, -0.05) is 48.5 Å². The predicted molar refractivity (Wildman–Crippen MR) is 172 cm³/mol. The third-order valence-electron chi connectivity index (χ3n) is 6.73. The Kier molecular flexibility index (Phi) is 8.76. The summed E-state index contributed by atoms with van der Waals surface area (Å²) in [5.74, 6) is -0.194. The summed E-state index contributed by atoms with van der Waals surface area (Å²) in [6.07, 6.45) is 0. The van der Waals surface area contributed by atoms with Crippen LogP contribution in [0.1, 0.15) is 52.5 Å². The lowest BCUT2D eigenvalue weighted by atomic mass is 10.0. The topological polar surface area (TPSA) is 102 Å². The van der Waals surface area contributed by atoms with Gasteiger partial charge in [-0.2, -0.15) is 11.3 Å². The molecular formula is C32H31N5O2S2. The lowest BCUT2D eigenvalue weighted by Gasteiger charge is -2.14. The van der Waals surface area contributed by atoms with E-state index >= 15 is 0 Å². The number of para-hydroxylation sites is 1. The maximum Gasteiger partial charge on any atom is 0.251 e. The number of fused-ring (bicyclic) bond motifs is 1. The average molecular weight is 582 g/mol. The Labute approximate surface area is 248 Å². The number of thiocarbonyl (C=S) groups is 1. The van der Waals surface area contributed by atoms with Crippen LogP contribution in [-0.4, -0.2) is 33.4 Å². The lowest BCUT2D eigenvalue weighted by molar-refractivity contribution is 0.0940. The Morgan fingerprint density at radius 1 is 1.05 bits per heavy atom. The number of aromatic hydroxyl groups is 1. The number of hydrogen-bond donors (Lipinski definition) is 5. The van der Waals surface area contributed by atoms with Gasteiger partial charge in [0, 0.05) is 39.6 Å². The van der Waals surface area contributed by atoms with Gasteiger partial charge in [-0.3, -0.25) is 9.79 Å². The van der Waals surface area contributed by atoms with Gasteiger partial charge in [-0.25, -0.2) is 0 Å². The summed E-state index contributed by atoms with van der Waals surface area (Å²) in [6, 6.07) is 24.9. The van der Waals surface area contributed by atoms with E-state index in [1.807, 2.05) is 91.3 Å². The van der Waals surface area contributed by atoms with Gasteiger partial charge in [-0.15, -0.1) is 0 Å². The molecule has 1 amide bonds. The van der Waals surface area contributed by atoms with Crippen molar-refractivity contribution < 1.29 is 9.90 Å². The van der Waals surface area contributed by atoms with Crippen LogP contribution in [0.25, 0.3) is 10.9 Å². The summed E-state index contributed by atoms with van der Waals surface area (Å²) in [4.78, 5) is 21.3. The monoisotopic (exact) mass is 581 g/mol. The van der Waals surface area contributed by atoms with Crippen LogP contribution in [0.2, 0.25) is 0 Å². The summed E-state index contributed by atoms with van der Waals surface area (Å²) in [5.41, 5.74) is 6.12. The maximum absolute atomic E-state index is 13.2. The molecule has 0 unspecified atom stereocenters. The van der Waals surface area contributed by atoms with Crippen LogP contribution in [0.3, 0.4) is 0 Å². The largest absolute Gasteiger partial charge is 0.494 e. The highest BCUT2D eigenvalue weighted by atomic mass is 32.1. The van der Waals surface area contributed by atoms with Crippen LogP contribution >= 0.6 is 23.6 Å². The number of hydrogen-bond acceptors (Lipinski definition) is 5.